The normalized spacial score (nSPS) is 10.7. The first kappa shape index (κ1) is 18.9. The molecule has 0 saturated heterocycles. The summed E-state index contributed by atoms with van der Waals surface area (Å²) in [5.41, 5.74) is 1.76. The molecule has 0 fully saturated rings. The second-order valence-electron chi connectivity index (χ2n) is 6.54. The highest BCUT2D eigenvalue weighted by molar-refractivity contribution is 5.76. The van der Waals surface area contributed by atoms with E-state index >= 15 is 0 Å². The maximum Gasteiger partial charge on any atom is 0.220 e. The van der Waals surface area contributed by atoms with Gasteiger partial charge in [0.2, 0.25) is 5.91 Å². The van der Waals surface area contributed by atoms with Gasteiger partial charge >= 0.3 is 0 Å². The first-order valence-electron chi connectivity index (χ1n) is 9.36. The summed E-state index contributed by atoms with van der Waals surface area (Å²) >= 11 is 0. The fourth-order valence-electron chi connectivity index (χ4n) is 2.97. The molecular formula is C23H24FNO2. The van der Waals surface area contributed by atoms with Crippen LogP contribution in [0.15, 0.2) is 71.1 Å². The van der Waals surface area contributed by atoms with Crippen LogP contribution >= 0.6 is 0 Å². The molecule has 0 aliphatic carbocycles. The number of rotatable bonds is 9. The van der Waals surface area contributed by atoms with E-state index in [0.29, 0.717) is 36.5 Å². The maximum absolute atomic E-state index is 13.8. The first-order valence-corrected chi connectivity index (χ1v) is 9.36. The van der Waals surface area contributed by atoms with Crippen LogP contribution < -0.4 is 5.32 Å². The molecular weight excluding hydrogens is 341 g/mol. The molecule has 1 amide bonds. The third-order valence-corrected chi connectivity index (χ3v) is 4.46. The minimum Gasteiger partial charge on any atom is -0.461 e. The van der Waals surface area contributed by atoms with Crippen molar-refractivity contribution in [3.63, 3.8) is 0 Å². The molecule has 0 atom stereocenters. The zero-order valence-corrected chi connectivity index (χ0v) is 15.3. The Kier molecular flexibility index (Phi) is 6.80. The number of halogens is 1. The summed E-state index contributed by atoms with van der Waals surface area (Å²) in [5, 5.41) is 2.95. The summed E-state index contributed by atoms with van der Waals surface area (Å²) < 4.78 is 19.5. The lowest BCUT2D eigenvalue weighted by Crippen LogP contribution is -2.24. The van der Waals surface area contributed by atoms with Crippen molar-refractivity contribution in [3.05, 3.63) is 83.9 Å². The standard InChI is InChI=1S/C23H24FNO2/c24-21-12-5-4-11-20(21)22-15-13-19(27-22)14-16-23(26)25-17-7-6-10-18-8-2-1-3-9-18/h1-5,8-9,11-13,15H,6-7,10,14,16-17H2,(H,25,26). The number of hydrogen-bond acceptors (Lipinski definition) is 2. The lowest BCUT2D eigenvalue weighted by Gasteiger charge is -2.05. The molecule has 0 unspecified atom stereocenters. The van der Waals surface area contributed by atoms with Gasteiger partial charge in [-0.05, 0) is 49.1 Å². The van der Waals surface area contributed by atoms with E-state index in [9.17, 15) is 9.18 Å². The number of nitrogens with one attached hydrogen (secondary N) is 1. The van der Waals surface area contributed by atoms with Gasteiger partial charge < -0.3 is 9.73 Å². The fourth-order valence-corrected chi connectivity index (χ4v) is 2.97. The molecule has 1 heterocycles. The highest BCUT2D eigenvalue weighted by Crippen LogP contribution is 2.25. The van der Waals surface area contributed by atoms with Crippen molar-refractivity contribution >= 4 is 5.91 Å². The lowest BCUT2D eigenvalue weighted by atomic mass is 10.1. The third-order valence-electron chi connectivity index (χ3n) is 4.46. The van der Waals surface area contributed by atoms with Crippen LogP contribution in [-0.4, -0.2) is 12.5 Å². The van der Waals surface area contributed by atoms with Crippen LogP contribution in [0, 0.1) is 5.82 Å². The second kappa shape index (κ2) is 9.72. The number of benzene rings is 2. The van der Waals surface area contributed by atoms with Gasteiger partial charge in [0.15, 0.2) is 0 Å². The van der Waals surface area contributed by atoms with Crippen molar-refractivity contribution in [2.45, 2.75) is 32.1 Å². The number of carbonyl (C=O) groups excluding carboxylic acids is 1. The smallest absolute Gasteiger partial charge is 0.220 e. The van der Waals surface area contributed by atoms with Gasteiger partial charge in [-0.2, -0.15) is 0 Å². The molecule has 27 heavy (non-hydrogen) atoms. The summed E-state index contributed by atoms with van der Waals surface area (Å²) in [4.78, 5) is 12.0. The van der Waals surface area contributed by atoms with Gasteiger partial charge in [0, 0.05) is 19.4 Å². The van der Waals surface area contributed by atoms with E-state index in [1.165, 1.54) is 11.6 Å². The summed E-state index contributed by atoms with van der Waals surface area (Å²) in [5.74, 6) is 0.877. The van der Waals surface area contributed by atoms with Crippen LogP contribution in [0.5, 0.6) is 0 Å². The number of amides is 1. The molecule has 0 aliphatic heterocycles. The zero-order chi connectivity index (χ0) is 18.9. The Bertz CT molecular complexity index is 858. The summed E-state index contributed by atoms with van der Waals surface area (Å²) in [6, 6.07) is 20.4. The summed E-state index contributed by atoms with van der Waals surface area (Å²) in [6.45, 7) is 0.685. The molecule has 0 aliphatic rings. The molecule has 0 radical (unpaired) electrons. The summed E-state index contributed by atoms with van der Waals surface area (Å²) in [7, 11) is 0. The van der Waals surface area contributed by atoms with E-state index < -0.39 is 0 Å². The van der Waals surface area contributed by atoms with Gasteiger partial charge in [0.25, 0.3) is 0 Å². The van der Waals surface area contributed by atoms with E-state index in [4.69, 9.17) is 4.42 Å². The van der Waals surface area contributed by atoms with Crippen LogP contribution in [0.25, 0.3) is 11.3 Å². The van der Waals surface area contributed by atoms with Gasteiger partial charge in [0.1, 0.15) is 17.3 Å². The van der Waals surface area contributed by atoms with Gasteiger partial charge in [-0.3, -0.25) is 4.79 Å². The van der Waals surface area contributed by atoms with Gasteiger partial charge in [-0.25, -0.2) is 4.39 Å². The first-order chi connectivity index (χ1) is 13.2. The van der Waals surface area contributed by atoms with Crippen LogP contribution in [0.3, 0.4) is 0 Å². The van der Waals surface area contributed by atoms with Crippen LogP contribution in [0.1, 0.15) is 30.6 Å². The molecule has 0 bridgehead atoms. The molecule has 1 N–H and O–H groups in total. The fraction of sp³-hybridized carbons (Fsp3) is 0.261. The van der Waals surface area contributed by atoms with Gasteiger partial charge in [-0.1, -0.05) is 42.5 Å². The van der Waals surface area contributed by atoms with Crippen molar-refractivity contribution in [3.8, 4) is 11.3 Å². The Morgan fingerprint density at radius 2 is 1.67 bits per heavy atom. The predicted molar refractivity (Wildman–Crippen MR) is 105 cm³/mol. The SMILES string of the molecule is O=C(CCc1ccc(-c2ccccc2F)o1)NCCCCc1ccccc1. The topological polar surface area (TPSA) is 42.2 Å². The van der Waals surface area contributed by atoms with Crippen LogP contribution in [-0.2, 0) is 17.6 Å². The molecule has 3 aromatic rings. The average Bonchev–Trinajstić information content (AvgIpc) is 3.16. The number of carbonyl (C=O) groups is 1. The van der Waals surface area contributed by atoms with Crippen molar-refractivity contribution in [1.82, 2.24) is 5.32 Å². The van der Waals surface area contributed by atoms with Crippen LogP contribution in [0.2, 0.25) is 0 Å². The van der Waals surface area contributed by atoms with Crippen molar-refractivity contribution in [1.29, 1.82) is 0 Å². The van der Waals surface area contributed by atoms with Crippen molar-refractivity contribution in [2.75, 3.05) is 6.54 Å². The minimum atomic E-state index is -0.313. The van der Waals surface area contributed by atoms with Crippen molar-refractivity contribution < 1.29 is 13.6 Å². The van der Waals surface area contributed by atoms with E-state index in [-0.39, 0.29) is 11.7 Å². The number of aryl methyl sites for hydroxylation is 2. The largest absolute Gasteiger partial charge is 0.461 e. The van der Waals surface area contributed by atoms with Gasteiger partial charge in [0.05, 0.1) is 5.56 Å². The molecule has 0 saturated carbocycles. The highest BCUT2D eigenvalue weighted by Gasteiger charge is 2.10. The van der Waals surface area contributed by atoms with Gasteiger partial charge in [-0.15, -0.1) is 0 Å². The summed E-state index contributed by atoms with van der Waals surface area (Å²) in [6.07, 6.45) is 3.91. The molecule has 3 rings (SSSR count). The lowest BCUT2D eigenvalue weighted by molar-refractivity contribution is -0.121. The predicted octanol–water partition coefficient (Wildman–Crippen LogP) is 5.16. The highest BCUT2D eigenvalue weighted by atomic mass is 19.1. The second-order valence-corrected chi connectivity index (χ2v) is 6.54. The zero-order valence-electron chi connectivity index (χ0n) is 15.3. The Balaban J connectivity index is 1.35. The molecule has 0 spiro atoms. The molecule has 2 aromatic carbocycles. The average molecular weight is 365 g/mol. The van der Waals surface area contributed by atoms with E-state index in [1.807, 2.05) is 18.2 Å². The monoisotopic (exact) mass is 365 g/mol. The minimum absolute atomic E-state index is 0.0125. The van der Waals surface area contributed by atoms with E-state index in [0.717, 1.165) is 19.3 Å². The van der Waals surface area contributed by atoms with E-state index in [1.54, 1.807) is 30.3 Å². The number of furan rings is 1. The Labute approximate surface area is 159 Å². The molecule has 140 valence electrons. The Morgan fingerprint density at radius 3 is 2.48 bits per heavy atom. The number of hydrogen-bond donors (Lipinski definition) is 1. The molecule has 3 nitrogen and oxygen atoms in total. The van der Waals surface area contributed by atoms with Crippen molar-refractivity contribution in [2.24, 2.45) is 0 Å². The van der Waals surface area contributed by atoms with Crippen LogP contribution in [0.4, 0.5) is 4.39 Å². The Hall–Kier alpha value is -2.88. The molecule has 4 heteroatoms. The number of unbranched alkanes of at least 4 members (excludes halogenated alkanes) is 1. The quantitative estimate of drug-likeness (QED) is 0.532. The molecule has 1 aromatic heterocycles. The van der Waals surface area contributed by atoms with E-state index in [2.05, 4.69) is 17.4 Å². The third kappa shape index (κ3) is 5.81. The maximum atomic E-state index is 13.8. The Morgan fingerprint density at radius 1 is 0.889 bits per heavy atom.